The van der Waals surface area contributed by atoms with Gasteiger partial charge >= 0.3 is 0 Å². The van der Waals surface area contributed by atoms with Crippen molar-refractivity contribution in [2.24, 2.45) is 0 Å². The fraction of sp³-hybridized carbons (Fsp3) is 0.917. The Labute approximate surface area is 106 Å². The summed E-state index contributed by atoms with van der Waals surface area (Å²) in [6.07, 6.45) is -1.38. The number of aliphatic hydroxyl groups is 4. The molecule has 2 rings (SSSR count). The van der Waals surface area contributed by atoms with Gasteiger partial charge in [0.2, 0.25) is 0 Å². The van der Waals surface area contributed by atoms with E-state index in [0.29, 0.717) is 13.1 Å². The Kier molecular flexibility index (Phi) is 3.91. The molecule has 1 aliphatic carbocycles. The Morgan fingerprint density at radius 3 is 2.00 bits per heavy atom. The predicted octanol–water partition coefficient (Wildman–Crippen LogP) is -1.39. The molecule has 1 heterocycles. The summed E-state index contributed by atoms with van der Waals surface area (Å²) in [6.45, 7) is 1.21. The molecule has 18 heavy (non-hydrogen) atoms. The quantitative estimate of drug-likeness (QED) is 0.464. The lowest BCUT2D eigenvalue weighted by molar-refractivity contribution is -0.182. The number of nitrogens with zero attached hydrogens (tertiary/aromatic N) is 1. The van der Waals surface area contributed by atoms with Crippen LogP contribution < -0.4 is 0 Å². The first kappa shape index (κ1) is 13.7. The molecule has 1 amide bonds. The summed E-state index contributed by atoms with van der Waals surface area (Å²) in [5, 5.41) is 38.9. The standard InChI is InChI=1S/C12H21NO5/c14-8-6-12(18,7-9(15)10(8)16)11(17)13-4-2-1-3-5-13/h8-10,14-16,18H,1-7H2/t8-,9-,10-,12+/m1/s1. The topological polar surface area (TPSA) is 101 Å². The summed E-state index contributed by atoms with van der Waals surface area (Å²) in [4.78, 5) is 13.8. The molecule has 0 radical (unpaired) electrons. The lowest BCUT2D eigenvalue weighted by Crippen LogP contribution is -2.60. The molecule has 4 N–H and O–H groups in total. The second-order valence-electron chi connectivity index (χ2n) is 5.42. The van der Waals surface area contributed by atoms with E-state index in [0.717, 1.165) is 19.3 Å². The van der Waals surface area contributed by atoms with Crippen LogP contribution in [0.25, 0.3) is 0 Å². The third-order valence-corrected chi connectivity index (χ3v) is 3.92. The molecule has 0 bridgehead atoms. The largest absolute Gasteiger partial charge is 0.390 e. The molecule has 2 fully saturated rings. The molecular weight excluding hydrogens is 238 g/mol. The number of aliphatic hydroxyl groups excluding tert-OH is 3. The van der Waals surface area contributed by atoms with Crippen LogP contribution in [-0.4, -0.2) is 68.2 Å². The van der Waals surface area contributed by atoms with Crippen LogP contribution >= 0.6 is 0 Å². The first-order chi connectivity index (χ1) is 8.44. The predicted molar refractivity (Wildman–Crippen MR) is 62.6 cm³/mol. The van der Waals surface area contributed by atoms with E-state index in [2.05, 4.69) is 0 Å². The van der Waals surface area contributed by atoms with Gasteiger partial charge in [-0.05, 0) is 19.3 Å². The Morgan fingerprint density at radius 1 is 1.00 bits per heavy atom. The number of carbonyl (C=O) groups excluding carboxylic acids is 1. The van der Waals surface area contributed by atoms with E-state index in [-0.39, 0.29) is 12.8 Å². The monoisotopic (exact) mass is 259 g/mol. The highest BCUT2D eigenvalue weighted by atomic mass is 16.4. The number of amides is 1. The van der Waals surface area contributed by atoms with Gasteiger partial charge in [0.1, 0.15) is 11.7 Å². The van der Waals surface area contributed by atoms with Gasteiger partial charge < -0.3 is 25.3 Å². The molecule has 1 saturated carbocycles. The minimum Gasteiger partial charge on any atom is -0.390 e. The van der Waals surface area contributed by atoms with Crippen molar-refractivity contribution >= 4 is 5.91 Å². The molecule has 6 heteroatoms. The van der Waals surface area contributed by atoms with Crippen molar-refractivity contribution < 1.29 is 25.2 Å². The zero-order valence-corrected chi connectivity index (χ0v) is 10.3. The van der Waals surface area contributed by atoms with Crippen LogP contribution in [0.1, 0.15) is 32.1 Å². The van der Waals surface area contributed by atoms with E-state index in [1.807, 2.05) is 0 Å². The molecule has 2 atom stereocenters. The number of carbonyl (C=O) groups is 1. The lowest BCUT2D eigenvalue weighted by atomic mass is 9.78. The van der Waals surface area contributed by atoms with Crippen LogP contribution in [0.4, 0.5) is 0 Å². The maximum atomic E-state index is 12.2. The fourth-order valence-corrected chi connectivity index (χ4v) is 2.84. The van der Waals surface area contributed by atoms with E-state index < -0.39 is 29.8 Å². The maximum Gasteiger partial charge on any atom is 0.254 e. The summed E-state index contributed by atoms with van der Waals surface area (Å²) >= 11 is 0. The highest BCUT2D eigenvalue weighted by molar-refractivity contribution is 5.85. The molecule has 1 aliphatic heterocycles. The summed E-state index contributed by atoms with van der Waals surface area (Å²) in [5.74, 6) is -0.438. The van der Waals surface area contributed by atoms with Crippen molar-refractivity contribution in [1.82, 2.24) is 4.90 Å². The van der Waals surface area contributed by atoms with Crippen molar-refractivity contribution in [2.75, 3.05) is 13.1 Å². The molecule has 6 nitrogen and oxygen atoms in total. The van der Waals surface area contributed by atoms with Crippen molar-refractivity contribution in [3.8, 4) is 0 Å². The van der Waals surface area contributed by atoms with Crippen LogP contribution in [0, 0.1) is 0 Å². The van der Waals surface area contributed by atoms with E-state index in [1.54, 1.807) is 4.90 Å². The molecule has 0 unspecified atom stereocenters. The van der Waals surface area contributed by atoms with Crippen LogP contribution in [0.15, 0.2) is 0 Å². The van der Waals surface area contributed by atoms with E-state index >= 15 is 0 Å². The van der Waals surface area contributed by atoms with Gasteiger partial charge in [-0.15, -0.1) is 0 Å². The third-order valence-electron chi connectivity index (χ3n) is 3.92. The summed E-state index contributed by atoms with van der Waals surface area (Å²) < 4.78 is 0. The highest BCUT2D eigenvalue weighted by Crippen LogP contribution is 2.31. The Bertz CT molecular complexity index is 304. The van der Waals surface area contributed by atoms with E-state index in [1.165, 1.54) is 0 Å². The molecule has 0 aromatic rings. The number of hydrogen-bond acceptors (Lipinski definition) is 5. The Morgan fingerprint density at radius 2 is 1.50 bits per heavy atom. The fourth-order valence-electron chi connectivity index (χ4n) is 2.84. The molecule has 104 valence electrons. The lowest BCUT2D eigenvalue weighted by Gasteiger charge is -2.42. The zero-order chi connectivity index (χ0) is 13.3. The first-order valence-corrected chi connectivity index (χ1v) is 6.50. The third kappa shape index (κ3) is 2.51. The molecule has 0 aromatic carbocycles. The van der Waals surface area contributed by atoms with Crippen LogP contribution in [0.3, 0.4) is 0 Å². The smallest absolute Gasteiger partial charge is 0.254 e. The molecule has 2 aliphatic rings. The second kappa shape index (κ2) is 5.13. The van der Waals surface area contributed by atoms with E-state index in [9.17, 15) is 25.2 Å². The van der Waals surface area contributed by atoms with Gasteiger partial charge in [-0.3, -0.25) is 4.79 Å². The van der Waals surface area contributed by atoms with Crippen LogP contribution in [0.5, 0.6) is 0 Å². The normalized spacial score (nSPS) is 41.8. The maximum absolute atomic E-state index is 12.2. The average Bonchev–Trinajstić information content (AvgIpc) is 2.36. The van der Waals surface area contributed by atoms with Crippen molar-refractivity contribution in [1.29, 1.82) is 0 Å². The number of hydrogen-bond donors (Lipinski definition) is 4. The number of likely N-dealkylation sites (tertiary alicyclic amines) is 1. The van der Waals surface area contributed by atoms with Gasteiger partial charge in [0, 0.05) is 25.9 Å². The minimum absolute atomic E-state index is 0.222. The van der Waals surface area contributed by atoms with Gasteiger partial charge in [-0.1, -0.05) is 0 Å². The summed E-state index contributed by atoms with van der Waals surface area (Å²) in [7, 11) is 0. The summed E-state index contributed by atoms with van der Waals surface area (Å²) in [6, 6.07) is 0. The minimum atomic E-state index is -1.75. The second-order valence-corrected chi connectivity index (χ2v) is 5.42. The molecule has 1 saturated heterocycles. The van der Waals surface area contributed by atoms with Gasteiger partial charge in [0.25, 0.3) is 5.91 Å². The molecule has 0 spiro atoms. The Balaban J connectivity index is 2.07. The van der Waals surface area contributed by atoms with Gasteiger partial charge in [0.15, 0.2) is 0 Å². The van der Waals surface area contributed by atoms with E-state index in [4.69, 9.17) is 0 Å². The van der Waals surface area contributed by atoms with Crippen LogP contribution in [-0.2, 0) is 4.79 Å². The van der Waals surface area contributed by atoms with Gasteiger partial charge in [-0.2, -0.15) is 0 Å². The molecule has 0 aromatic heterocycles. The average molecular weight is 259 g/mol. The van der Waals surface area contributed by atoms with Gasteiger partial charge in [-0.25, -0.2) is 0 Å². The van der Waals surface area contributed by atoms with Crippen LogP contribution in [0.2, 0.25) is 0 Å². The van der Waals surface area contributed by atoms with Gasteiger partial charge in [0.05, 0.1) is 12.2 Å². The van der Waals surface area contributed by atoms with Crippen molar-refractivity contribution in [2.45, 2.75) is 56.0 Å². The summed E-state index contributed by atoms with van der Waals surface area (Å²) in [5.41, 5.74) is -1.75. The number of rotatable bonds is 1. The SMILES string of the molecule is O=C(N1CCCCC1)[C@]1(O)C[C@@H](O)[C@@H](O)[C@H](O)C1. The highest BCUT2D eigenvalue weighted by Gasteiger charge is 2.49. The zero-order valence-electron chi connectivity index (χ0n) is 10.3. The first-order valence-electron chi connectivity index (χ1n) is 6.50. The van der Waals surface area contributed by atoms with Crippen molar-refractivity contribution in [3.05, 3.63) is 0 Å². The molecular formula is C12H21NO5. The Hall–Kier alpha value is -0.690. The van der Waals surface area contributed by atoms with Crippen molar-refractivity contribution in [3.63, 3.8) is 0 Å². The number of piperidine rings is 1.